The molecule has 4 heteroatoms. The molecule has 1 fully saturated rings. The van der Waals surface area contributed by atoms with Crippen LogP contribution in [0.3, 0.4) is 0 Å². The minimum atomic E-state index is -0.318. The van der Waals surface area contributed by atoms with Crippen molar-refractivity contribution in [2.45, 2.75) is 39.6 Å². The standard InChI is InChI=1S/C14H15NO3.C2H6/c1-10-9-12(15-18-10)13-7-8-16-14(17-13)11-5-3-2-4-6-11;1-2/h2-6,9,13-14H,7-8H2,1H3;1-2H3/t13-,14?;/m0./s1. The molecule has 4 nitrogen and oxygen atoms in total. The second kappa shape index (κ2) is 7.22. The summed E-state index contributed by atoms with van der Waals surface area (Å²) in [6, 6.07) is 11.9. The van der Waals surface area contributed by atoms with Gasteiger partial charge in [0.15, 0.2) is 6.29 Å². The van der Waals surface area contributed by atoms with Crippen LogP contribution in [0.15, 0.2) is 40.9 Å². The Kier molecular flexibility index (Phi) is 5.32. The minimum absolute atomic E-state index is 0.0543. The van der Waals surface area contributed by atoms with Crippen molar-refractivity contribution in [1.82, 2.24) is 5.16 Å². The Hall–Kier alpha value is -1.65. The first-order valence-electron chi connectivity index (χ1n) is 7.08. The molecule has 2 atom stereocenters. The van der Waals surface area contributed by atoms with E-state index in [2.05, 4.69) is 5.16 Å². The van der Waals surface area contributed by atoms with Crippen molar-refractivity contribution in [3.05, 3.63) is 53.4 Å². The average molecular weight is 275 g/mol. The van der Waals surface area contributed by atoms with Gasteiger partial charge in [0.05, 0.1) is 6.61 Å². The van der Waals surface area contributed by atoms with Gasteiger partial charge in [-0.05, 0) is 6.92 Å². The molecule has 0 bridgehead atoms. The number of nitrogens with zero attached hydrogens (tertiary/aromatic N) is 1. The molecule has 0 saturated carbocycles. The van der Waals surface area contributed by atoms with E-state index in [0.717, 1.165) is 23.4 Å². The molecule has 20 heavy (non-hydrogen) atoms. The molecule has 1 aromatic heterocycles. The predicted molar refractivity (Wildman–Crippen MR) is 76.2 cm³/mol. The maximum Gasteiger partial charge on any atom is 0.184 e. The lowest BCUT2D eigenvalue weighted by Crippen LogP contribution is -2.21. The summed E-state index contributed by atoms with van der Waals surface area (Å²) in [5, 5.41) is 4.01. The fourth-order valence-corrected chi connectivity index (χ4v) is 2.08. The number of hydrogen-bond donors (Lipinski definition) is 0. The molecule has 3 rings (SSSR count). The highest BCUT2D eigenvalue weighted by molar-refractivity contribution is 5.17. The van der Waals surface area contributed by atoms with Crippen LogP contribution in [-0.4, -0.2) is 11.8 Å². The molecule has 1 aliphatic rings. The molecular weight excluding hydrogens is 254 g/mol. The van der Waals surface area contributed by atoms with Gasteiger partial charge >= 0.3 is 0 Å². The molecule has 2 aromatic rings. The SMILES string of the molecule is CC.Cc1cc([C@@H]2CCOC(c3ccccc3)O2)no1. The van der Waals surface area contributed by atoms with Gasteiger partial charge in [0.1, 0.15) is 17.6 Å². The molecule has 0 spiro atoms. The lowest BCUT2D eigenvalue weighted by molar-refractivity contribution is -0.221. The van der Waals surface area contributed by atoms with Crippen molar-refractivity contribution in [3.8, 4) is 0 Å². The zero-order valence-corrected chi connectivity index (χ0v) is 12.2. The normalized spacial score (nSPS) is 21.9. The molecule has 0 aliphatic carbocycles. The molecule has 0 radical (unpaired) electrons. The lowest BCUT2D eigenvalue weighted by atomic mass is 10.1. The number of aryl methyl sites for hydroxylation is 1. The number of aromatic nitrogens is 1. The van der Waals surface area contributed by atoms with Crippen LogP contribution in [-0.2, 0) is 9.47 Å². The fourth-order valence-electron chi connectivity index (χ4n) is 2.08. The lowest BCUT2D eigenvalue weighted by Gasteiger charge is -2.29. The molecule has 1 aromatic carbocycles. The van der Waals surface area contributed by atoms with Crippen LogP contribution in [0.25, 0.3) is 0 Å². The molecule has 1 saturated heterocycles. The summed E-state index contributed by atoms with van der Waals surface area (Å²) < 4.78 is 16.7. The van der Waals surface area contributed by atoms with Crippen LogP contribution in [0, 0.1) is 6.92 Å². The Morgan fingerprint density at radius 1 is 1.15 bits per heavy atom. The molecule has 1 unspecified atom stereocenters. The molecule has 1 aliphatic heterocycles. The van der Waals surface area contributed by atoms with Gasteiger partial charge in [0.25, 0.3) is 0 Å². The van der Waals surface area contributed by atoms with E-state index in [1.54, 1.807) is 0 Å². The first-order chi connectivity index (χ1) is 9.83. The highest BCUT2D eigenvalue weighted by Crippen LogP contribution is 2.34. The number of rotatable bonds is 2. The Bertz CT molecular complexity index is 509. The van der Waals surface area contributed by atoms with Gasteiger partial charge in [-0.1, -0.05) is 49.3 Å². The second-order valence-electron chi connectivity index (χ2n) is 4.39. The summed E-state index contributed by atoms with van der Waals surface area (Å²) in [6.07, 6.45) is 0.429. The van der Waals surface area contributed by atoms with Gasteiger partial charge in [-0.2, -0.15) is 0 Å². The Morgan fingerprint density at radius 3 is 2.55 bits per heavy atom. The molecule has 0 amide bonds. The molecule has 0 N–H and O–H groups in total. The van der Waals surface area contributed by atoms with Crippen molar-refractivity contribution in [2.24, 2.45) is 0 Å². The predicted octanol–water partition coefficient (Wildman–Crippen LogP) is 4.19. The van der Waals surface area contributed by atoms with Crippen LogP contribution >= 0.6 is 0 Å². The molecular formula is C16H21NO3. The summed E-state index contributed by atoms with van der Waals surface area (Å²) in [5.41, 5.74) is 1.87. The number of hydrogen-bond acceptors (Lipinski definition) is 4. The van der Waals surface area contributed by atoms with Gasteiger partial charge < -0.3 is 14.0 Å². The van der Waals surface area contributed by atoms with E-state index in [1.807, 2.05) is 57.2 Å². The zero-order valence-electron chi connectivity index (χ0n) is 12.2. The van der Waals surface area contributed by atoms with Crippen molar-refractivity contribution in [2.75, 3.05) is 6.61 Å². The van der Waals surface area contributed by atoms with Crippen LogP contribution in [0.1, 0.15) is 49.7 Å². The fraction of sp³-hybridized carbons (Fsp3) is 0.438. The van der Waals surface area contributed by atoms with E-state index in [4.69, 9.17) is 14.0 Å². The highest BCUT2D eigenvalue weighted by Gasteiger charge is 2.27. The monoisotopic (exact) mass is 275 g/mol. The van der Waals surface area contributed by atoms with E-state index in [-0.39, 0.29) is 12.4 Å². The van der Waals surface area contributed by atoms with Crippen molar-refractivity contribution < 1.29 is 14.0 Å². The smallest absolute Gasteiger partial charge is 0.184 e. The van der Waals surface area contributed by atoms with Crippen LogP contribution in [0.2, 0.25) is 0 Å². The minimum Gasteiger partial charge on any atom is -0.361 e. The van der Waals surface area contributed by atoms with Crippen LogP contribution < -0.4 is 0 Å². The summed E-state index contributed by atoms with van der Waals surface area (Å²) in [4.78, 5) is 0. The first-order valence-corrected chi connectivity index (χ1v) is 7.08. The van der Waals surface area contributed by atoms with E-state index >= 15 is 0 Å². The zero-order chi connectivity index (χ0) is 14.4. The summed E-state index contributed by atoms with van der Waals surface area (Å²) in [6.45, 7) is 6.54. The first kappa shape index (κ1) is 14.8. The van der Waals surface area contributed by atoms with Gasteiger partial charge in [-0.3, -0.25) is 0 Å². The molecule has 2 heterocycles. The molecule has 108 valence electrons. The average Bonchev–Trinajstić information content (AvgIpc) is 2.97. The number of ether oxygens (including phenoxy) is 2. The largest absolute Gasteiger partial charge is 0.361 e. The van der Waals surface area contributed by atoms with Gasteiger partial charge in [-0.15, -0.1) is 0 Å². The summed E-state index contributed by atoms with van der Waals surface area (Å²) in [5.74, 6) is 0.802. The van der Waals surface area contributed by atoms with Crippen molar-refractivity contribution in [1.29, 1.82) is 0 Å². The van der Waals surface area contributed by atoms with Gasteiger partial charge in [0, 0.05) is 18.1 Å². The Balaban J connectivity index is 0.000000704. The Labute approximate surface area is 119 Å². The Morgan fingerprint density at radius 2 is 1.90 bits per heavy atom. The summed E-state index contributed by atoms with van der Waals surface area (Å²) >= 11 is 0. The van der Waals surface area contributed by atoms with Crippen molar-refractivity contribution >= 4 is 0 Å². The van der Waals surface area contributed by atoms with Crippen LogP contribution in [0.4, 0.5) is 0 Å². The third kappa shape index (κ3) is 3.46. The summed E-state index contributed by atoms with van der Waals surface area (Å²) in [7, 11) is 0. The third-order valence-electron chi connectivity index (χ3n) is 2.98. The topological polar surface area (TPSA) is 44.5 Å². The van der Waals surface area contributed by atoms with Gasteiger partial charge in [-0.25, -0.2) is 0 Å². The number of benzene rings is 1. The maximum absolute atomic E-state index is 5.93. The highest BCUT2D eigenvalue weighted by atomic mass is 16.7. The van der Waals surface area contributed by atoms with E-state index in [0.29, 0.717) is 6.61 Å². The van der Waals surface area contributed by atoms with Crippen molar-refractivity contribution in [3.63, 3.8) is 0 Å². The quantitative estimate of drug-likeness (QED) is 0.824. The van der Waals surface area contributed by atoms with E-state index in [9.17, 15) is 0 Å². The van der Waals surface area contributed by atoms with Gasteiger partial charge in [0.2, 0.25) is 0 Å². The van der Waals surface area contributed by atoms with E-state index in [1.165, 1.54) is 0 Å². The van der Waals surface area contributed by atoms with Crippen LogP contribution in [0.5, 0.6) is 0 Å². The second-order valence-corrected chi connectivity index (χ2v) is 4.39. The third-order valence-corrected chi connectivity index (χ3v) is 2.98. The van der Waals surface area contributed by atoms with E-state index < -0.39 is 0 Å². The maximum atomic E-state index is 5.93.